The van der Waals surface area contributed by atoms with Gasteiger partial charge < -0.3 is 4.57 Å². The maximum Gasteiger partial charge on any atom is 0.235 e. The molecule has 6 aromatic carbocycles. The summed E-state index contributed by atoms with van der Waals surface area (Å²) in [5.74, 6) is 0.676. The van der Waals surface area contributed by atoms with Crippen molar-refractivity contribution in [2.45, 2.75) is 19.8 Å². The van der Waals surface area contributed by atoms with Gasteiger partial charge in [0.05, 0.1) is 33.5 Å². The van der Waals surface area contributed by atoms with E-state index in [9.17, 15) is 0 Å². The van der Waals surface area contributed by atoms with Crippen LogP contribution < -0.4 is 0 Å². The van der Waals surface area contributed by atoms with Crippen LogP contribution in [0.1, 0.15) is 30.9 Å². The first-order chi connectivity index (χ1) is 23.2. The molecule has 4 heteroatoms. The summed E-state index contributed by atoms with van der Waals surface area (Å²) in [6.07, 6.45) is 1.72. The zero-order valence-electron chi connectivity index (χ0n) is 26.1. The van der Waals surface area contributed by atoms with Crippen molar-refractivity contribution >= 4 is 61.0 Å². The number of fused-ring (bicyclic) bond motifs is 6. The molecule has 8 aromatic rings. The van der Waals surface area contributed by atoms with E-state index in [1.807, 2.05) is 0 Å². The first-order valence-corrected chi connectivity index (χ1v) is 16.2. The summed E-state index contributed by atoms with van der Waals surface area (Å²) in [6.45, 7) is 2.21. The van der Waals surface area contributed by atoms with Crippen LogP contribution >= 0.6 is 0 Å². The summed E-state index contributed by atoms with van der Waals surface area (Å²) < 4.78 is 4.66. The van der Waals surface area contributed by atoms with Crippen LogP contribution in [-0.4, -0.2) is 20.8 Å². The van der Waals surface area contributed by atoms with Crippen LogP contribution in [0.4, 0.5) is 0 Å². The SMILES string of the molecule is C\C1=C(c2ccccc2)/N=C(n2c3ccccc3c3cc4c5ccccc5n(-c5ccccc5)c4cc32)\N=C(\c2ccccc2)CC1. The van der Waals surface area contributed by atoms with E-state index in [0.29, 0.717) is 5.96 Å². The van der Waals surface area contributed by atoms with Gasteiger partial charge in [0.15, 0.2) is 0 Å². The maximum atomic E-state index is 5.47. The molecule has 0 saturated carbocycles. The van der Waals surface area contributed by atoms with Gasteiger partial charge >= 0.3 is 0 Å². The minimum absolute atomic E-state index is 0.676. The van der Waals surface area contributed by atoms with Crippen LogP contribution in [0.2, 0.25) is 0 Å². The Morgan fingerprint density at radius 1 is 0.447 bits per heavy atom. The molecule has 224 valence electrons. The van der Waals surface area contributed by atoms with Crippen molar-refractivity contribution < 1.29 is 0 Å². The maximum absolute atomic E-state index is 5.47. The topological polar surface area (TPSA) is 34.6 Å². The number of nitrogens with zero attached hydrogens (tertiary/aromatic N) is 4. The number of para-hydroxylation sites is 3. The van der Waals surface area contributed by atoms with Crippen LogP contribution in [-0.2, 0) is 0 Å². The molecule has 0 fully saturated rings. The van der Waals surface area contributed by atoms with Gasteiger partial charge in [-0.2, -0.15) is 0 Å². The number of allylic oxidation sites excluding steroid dienone is 1. The monoisotopic (exact) mass is 604 g/mol. The summed E-state index contributed by atoms with van der Waals surface area (Å²) in [5, 5.41) is 4.84. The second kappa shape index (κ2) is 11.1. The van der Waals surface area contributed by atoms with Crippen LogP contribution in [0.25, 0.3) is 55.0 Å². The van der Waals surface area contributed by atoms with Gasteiger partial charge in [-0.05, 0) is 67.3 Å². The predicted molar refractivity (Wildman–Crippen MR) is 198 cm³/mol. The molecule has 9 rings (SSSR count). The first kappa shape index (κ1) is 27.3. The molecule has 4 nitrogen and oxygen atoms in total. The van der Waals surface area contributed by atoms with Crippen molar-refractivity contribution in [3.05, 3.63) is 168 Å². The molecule has 0 unspecified atom stereocenters. The molecule has 1 aliphatic heterocycles. The Kier molecular flexibility index (Phi) is 6.46. The Morgan fingerprint density at radius 3 is 1.64 bits per heavy atom. The zero-order valence-corrected chi connectivity index (χ0v) is 26.1. The quantitative estimate of drug-likeness (QED) is 0.192. The Labute approximate surface area is 273 Å². The fourth-order valence-corrected chi connectivity index (χ4v) is 7.17. The van der Waals surface area contributed by atoms with Gasteiger partial charge in [0.1, 0.15) is 0 Å². The molecule has 2 aromatic heterocycles. The summed E-state index contributed by atoms with van der Waals surface area (Å²) >= 11 is 0. The number of benzene rings is 6. The normalized spacial score (nSPS) is 17.8. The Bertz CT molecular complexity index is 2550. The summed E-state index contributed by atoms with van der Waals surface area (Å²) in [5.41, 5.74) is 11.2. The average molecular weight is 605 g/mol. The smallest absolute Gasteiger partial charge is 0.235 e. The third kappa shape index (κ3) is 4.52. The van der Waals surface area contributed by atoms with E-state index in [1.54, 1.807) is 0 Å². The van der Waals surface area contributed by atoms with Gasteiger partial charge in [0.2, 0.25) is 5.96 Å². The van der Waals surface area contributed by atoms with Gasteiger partial charge in [-0.15, -0.1) is 0 Å². The molecule has 47 heavy (non-hydrogen) atoms. The Morgan fingerprint density at radius 2 is 0.979 bits per heavy atom. The highest BCUT2D eigenvalue weighted by molar-refractivity contribution is 6.22. The number of rotatable bonds is 3. The molecule has 0 N–H and O–H groups in total. The fraction of sp³-hybridized carbons (Fsp3) is 0.0698. The minimum Gasteiger partial charge on any atom is -0.309 e. The van der Waals surface area contributed by atoms with Crippen molar-refractivity contribution in [3.8, 4) is 5.69 Å². The lowest BCUT2D eigenvalue weighted by molar-refractivity contribution is 0.998. The van der Waals surface area contributed by atoms with Crippen molar-refractivity contribution in [2.24, 2.45) is 9.98 Å². The summed E-state index contributed by atoms with van der Waals surface area (Å²) in [6, 6.07) is 53.8. The highest BCUT2D eigenvalue weighted by Gasteiger charge is 2.22. The molecule has 0 atom stereocenters. The third-order valence-electron chi connectivity index (χ3n) is 9.42. The van der Waals surface area contributed by atoms with Gasteiger partial charge in [-0.25, -0.2) is 9.98 Å². The van der Waals surface area contributed by atoms with Crippen molar-refractivity contribution in [3.63, 3.8) is 0 Å². The lowest BCUT2D eigenvalue weighted by atomic mass is 9.99. The molecular weight excluding hydrogens is 573 g/mol. The molecular formula is C43H32N4. The number of hydrogen-bond acceptors (Lipinski definition) is 2. The van der Waals surface area contributed by atoms with Gasteiger partial charge in [0.25, 0.3) is 0 Å². The zero-order chi connectivity index (χ0) is 31.3. The average Bonchev–Trinajstić information content (AvgIpc) is 3.62. The highest BCUT2D eigenvalue weighted by atomic mass is 15.2. The molecule has 0 amide bonds. The second-order valence-corrected chi connectivity index (χ2v) is 12.3. The van der Waals surface area contributed by atoms with E-state index >= 15 is 0 Å². The fourth-order valence-electron chi connectivity index (χ4n) is 7.17. The number of hydrogen-bond donors (Lipinski definition) is 0. The lowest BCUT2D eigenvalue weighted by Gasteiger charge is -2.17. The summed E-state index contributed by atoms with van der Waals surface area (Å²) in [4.78, 5) is 10.9. The lowest BCUT2D eigenvalue weighted by Crippen LogP contribution is -2.16. The molecule has 1 aliphatic rings. The molecule has 0 spiro atoms. The van der Waals surface area contributed by atoms with Gasteiger partial charge in [-0.1, -0.05) is 115 Å². The van der Waals surface area contributed by atoms with Crippen molar-refractivity contribution in [2.75, 3.05) is 0 Å². The standard InChI is InChI=1S/C43H32N4/c1-29-25-26-37(30-15-5-2-6-16-30)44-43(45-42(29)31-17-7-3-8-18-31)47-39-24-14-12-22-34(39)36-27-35-33-21-11-13-23-38(33)46(40(35)28-41(36)47)32-19-9-4-10-20-32/h2-24,27-28H,25-26H2,1H3/b42-29+,44-37+,45-43+. The van der Waals surface area contributed by atoms with Crippen LogP contribution in [0.5, 0.6) is 0 Å². The van der Waals surface area contributed by atoms with E-state index in [-0.39, 0.29) is 0 Å². The van der Waals surface area contributed by atoms with Gasteiger partial charge in [0, 0.05) is 32.8 Å². The molecule has 0 bridgehead atoms. The molecule has 0 saturated heterocycles. The minimum atomic E-state index is 0.676. The van der Waals surface area contributed by atoms with Crippen LogP contribution in [0.15, 0.2) is 167 Å². The first-order valence-electron chi connectivity index (χ1n) is 16.2. The van der Waals surface area contributed by atoms with E-state index < -0.39 is 0 Å². The van der Waals surface area contributed by atoms with Crippen molar-refractivity contribution in [1.82, 2.24) is 9.13 Å². The molecule has 3 heterocycles. The van der Waals surface area contributed by atoms with E-state index in [1.165, 1.54) is 32.6 Å². The largest absolute Gasteiger partial charge is 0.309 e. The van der Waals surface area contributed by atoms with E-state index in [2.05, 4.69) is 168 Å². The molecule has 0 aliphatic carbocycles. The van der Waals surface area contributed by atoms with E-state index in [4.69, 9.17) is 9.98 Å². The second-order valence-electron chi connectivity index (χ2n) is 12.3. The number of aromatic nitrogens is 2. The van der Waals surface area contributed by atoms with Gasteiger partial charge in [-0.3, -0.25) is 4.57 Å². The Balaban J connectivity index is 1.41. The molecule has 0 radical (unpaired) electrons. The number of aliphatic imine (C=N–C) groups is 2. The summed E-state index contributed by atoms with van der Waals surface area (Å²) in [7, 11) is 0. The third-order valence-corrected chi connectivity index (χ3v) is 9.42. The van der Waals surface area contributed by atoms with Crippen molar-refractivity contribution in [1.29, 1.82) is 0 Å². The highest BCUT2D eigenvalue weighted by Crippen LogP contribution is 2.39. The Hall–Kier alpha value is -6.00. The van der Waals surface area contributed by atoms with E-state index in [0.717, 1.165) is 57.6 Å². The predicted octanol–water partition coefficient (Wildman–Crippen LogP) is 10.8. The van der Waals surface area contributed by atoms with Crippen LogP contribution in [0, 0.1) is 0 Å². The van der Waals surface area contributed by atoms with Crippen LogP contribution in [0.3, 0.4) is 0 Å².